The summed E-state index contributed by atoms with van der Waals surface area (Å²) in [5.74, 6) is -0.0150. The molecule has 2 aromatic rings. The zero-order chi connectivity index (χ0) is 16.9. The summed E-state index contributed by atoms with van der Waals surface area (Å²) in [7, 11) is 1.76. The van der Waals surface area contributed by atoms with E-state index in [0.717, 1.165) is 5.56 Å². The normalized spacial score (nSPS) is 20.2. The number of hydrogen-bond donors (Lipinski definition) is 3. The van der Waals surface area contributed by atoms with E-state index in [9.17, 15) is 9.18 Å². The zero-order valence-electron chi connectivity index (χ0n) is 13.1. The number of nitrogens with zero attached hydrogens (tertiary/aromatic N) is 4. The molecule has 10 heteroatoms. The summed E-state index contributed by atoms with van der Waals surface area (Å²) in [5.41, 5.74) is 6.76. The Morgan fingerprint density at radius 1 is 1.54 bits per heavy atom. The molecule has 0 aliphatic carbocycles. The lowest BCUT2D eigenvalue weighted by Crippen LogP contribution is -2.36. The van der Waals surface area contributed by atoms with Crippen LogP contribution in [0.3, 0.4) is 0 Å². The number of benzene rings is 1. The number of amides is 1. The standard InChI is InChI=1S/C14H18FN7OS/c1-22-14(19-20-21-22)24-6-5-16-13(23)11-8-17-18-12(11)9-3-2-4-10(15)7-9/h2-4,7,11-12,17-18H,5-6,8H2,1H3,(H,16,23). The molecule has 8 nitrogen and oxygen atoms in total. The monoisotopic (exact) mass is 351 g/mol. The maximum absolute atomic E-state index is 13.4. The van der Waals surface area contributed by atoms with Crippen LogP contribution in [-0.2, 0) is 11.8 Å². The molecular weight excluding hydrogens is 333 g/mol. The molecule has 1 fully saturated rings. The molecule has 2 unspecified atom stereocenters. The highest BCUT2D eigenvalue weighted by Gasteiger charge is 2.33. The number of carbonyl (C=O) groups is 1. The van der Waals surface area contributed by atoms with E-state index in [0.29, 0.717) is 24.0 Å². The van der Waals surface area contributed by atoms with Crippen LogP contribution in [0.5, 0.6) is 0 Å². The first-order valence-electron chi connectivity index (χ1n) is 7.52. The second-order valence-corrected chi connectivity index (χ2v) is 6.45. The molecule has 0 radical (unpaired) electrons. The van der Waals surface area contributed by atoms with E-state index in [-0.39, 0.29) is 23.7 Å². The SMILES string of the molecule is Cn1nnnc1SCCNC(=O)C1CNNC1c1cccc(F)c1. The maximum Gasteiger partial charge on any atom is 0.226 e. The van der Waals surface area contributed by atoms with Gasteiger partial charge in [-0.05, 0) is 28.1 Å². The minimum Gasteiger partial charge on any atom is -0.355 e. The van der Waals surface area contributed by atoms with Gasteiger partial charge in [-0.1, -0.05) is 23.9 Å². The first-order valence-corrected chi connectivity index (χ1v) is 8.50. The van der Waals surface area contributed by atoms with Crippen LogP contribution in [-0.4, -0.2) is 45.0 Å². The maximum atomic E-state index is 13.4. The highest BCUT2D eigenvalue weighted by molar-refractivity contribution is 7.99. The van der Waals surface area contributed by atoms with Gasteiger partial charge in [-0.25, -0.2) is 14.5 Å². The van der Waals surface area contributed by atoms with Crippen molar-refractivity contribution in [1.29, 1.82) is 0 Å². The molecule has 0 saturated carbocycles. The Bertz CT molecular complexity index is 710. The lowest BCUT2D eigenvalue weighted by Gasteiger charge is -2.18. The van der Waals surface area contributed by atoms with Gasteiger partial charge >= 0.3 is 0 Å². The van der Waals surface area contributed by atoms with Gasteiger partial charge in [0.2, 0.25) is 11.1 Å². The Morgan fingerprint density at radius 3 is 3.17 bits per heavy atom. The number of thioether (sulfide) groups is 1. The van der Waals surface area contributed by atoms with E-state index in [2.05, 4.69) is 31.7 Å². The van der Waals surface area contributed by atoms with Crippen molar-refractivity contribution in [2.24, 2.45) is 13.0 Å². The smallest absolute Gasteiger partial charge is 0.226 e. The van der Waals surface area contributed by atoms with Crippen LogP contribution >= 0.6 is 11.8 Å². The molecule has 1 aliphatic heterocycles. The minimum absolute atomic E-state index is 0.0709. The summed E-state index contributed by atoms with van der Waals surface area (Å²) in [4.78, 5) is 12.4. The topological polar surface area (TPSA) is 96.8 Å². The second-order valence-electron chi connectivity index (χ2n) is 5.39. The Labute approximate surface area is 142 Å². The van der Waals surface area contributed by atoms with Crippen LogP contribution in [0.4, 0.5) is 4.39 Å². The van der Waals surface area contributed by atoms with Crippen molar-refractivity contribution in [3.63, 3.8) is 0 Å². The summed E-state index contributed by atoms with van der Waals surface area (Å²) < 4.78 is 15.0. The van der Waals surface area contributed by atoms with Gasteiger partial charge in [0.15, 0.2) is 0 Å². The molecule has 2 atom stereocenters. The number of aryl methyl sites for hydroxylation is 1. The van der Waals surface area contributed by atoms with Crippen molar-refractivity contribution in [3.8, 4) is 0 Å². The Balaban J connectivity index is 1.51. The van der Waals surface area contributed by atoms with E-state index in [4.69, 9.17) is 0 Å². The van der Waals surface area contributed by atoms with Gasteiger partial charge in [0.05, 0.1) is 12.0 Å². The Hall–Kier alpha value is -2.04. The second kappa shape index (κ2) is 7.69. The Kier molecular flexibility index (Phi) is 5.38. The van der Waals surface area contributed by atoms with Gasteiger partial charge in [-0.2, -0.15) is 0 Å². The third-order valence-corrected chi connectivity index (χ3v) is 4.75. The summed E-state index contributed by atoms with van der Waals surface area (Å²) in [6, 6.07) is 6.04. The van der Waals surface area contributed by atoms with Crippen LogP contribution in [0.2, 0.25) is 0 Å². The summed E-state index contributed by atoms with van der Waals surface area (Å²) in [6.07, 6.45) is 0. The molecule has 2 heterocycles. The quantitative estimate of drug-likeness (QED) is 0.499. The van der Waals surface area contributed by atoms with E-state index < -0.39 is 0 Å². The number of halogens is 1. The van der Waals surface area contributed by atoms with Crippen LogP contribution in [0, 0.1) is 11.7 Å². The van der Waals surface area contributed by atoms with Gasteiger partial charge in [0.1, 0.15) is 5.82 Å². The van der Waals surface area contributed by atoms with Crippen molar-refractivity contribution >= 4 is 17.7 Å². The van der Waals surface area contributed by atoms with Crippen LogP contribution in [0.15, 0.2) is 29.4 Å². The number of tetrazole rings is 1. The number of hydrogen-bond acceptors (Lipinski definition) is 7. The fourth-order valence-electron chi connectivity index (χ4n) is 2.55. The highest BCUT2D eigenvalue weighted by Crippen LogP contribution is 2.25. The molecule has 3 rings (SSSR count). The summed E-state index contributed by atoms with van der Waals surface area (Å²) >= 11 is 1.47. The van der Waals surface area contributed by atoms with E-state index in [1.165, 1.54) is 23.9 Å². The fraction of sp³-hybridized carbons (Fsp3) is 0.429. The third-order valence-electron chi connectivity index (χ3n) is 3.74. The molecular formula is C14H18FN7OS. The fourth-order valence-corrected chi connectivity index (χ4v) is 3.25. The van der Waals surface area contributed by atoms with Gasteiger partial charge in [0, 0.05) is 25.9 Å². The molecule has 1 amide bonds. The molecule has 3 N–H and O–H groups in total. The molecule has 0 spiro atoms. The molecule has 24 heavy (non-hydrogen) atoms. The zero-order valence-corrected chi connectivity index (χ0v) is 13.9. The van der Waals surface area contributed by atoms with Gasteiger partial charge < -0.3 is 5.32 Å². The predicted molar refractivity (Wildman–Crippen MR) is 86.3 cm³/mol. The van der Waals surface area contributed by atoms with Crippen LogP contribution in [0.1, 0.15) is 11.6 Å². The average Bonchev–Trinajstić information content (AvgIpc) is 3.20. The van der Waals surface area contributed by atoms with Crippen molar-refractivity contribution in [2.75, 3.05) is 18.8 Å². The number of carbonyl (C=O) groups excluding carboxylic acids is 1. The van der Waals surface area contributed by atoms with Gasteiger partial charge in [-0.3, -0.25) is 10.2 Å². The van der Waals surface area contributed by atoms with E-state index in [1.807, 2.05) is 6.07 Å². The van der Waals surface area contributed by atoms with E-state index in [1.54, 1.807) is 17.8 Å². The predicted octanol–water partition coefficient (Wildman–Crippen LogP) is 0.0228. The number of hydrazine groups is 1. The van der Waals surface area contributed by atoms with Crippen molar-refractivity contribution in [3.05, 3.63) is 35.6 Å². The molecule has 1 aliphatic rings. The first kappa shape index (κ1) is 16.8. The van der Waals surface area contributed by atoms with E-state index >= 15 is 0 Å². The number of nitrogens with one attached hydrogen (secondary N) is 3. The molecule has 1 aromatic carbocycles. The highest BCUT2D eigenvalue weighted by atomic mass is 32.2. The largest absolute Gasteiger partial charge is 0.355 e. The Morgan fingerprint density at radius 2 is 2.42 bits per heavy atom. The lowest BCUT2D eigenvalue weighted by molar-refractivity contribution is -0.124. The molecule has 1 aromatic heterocycles. The molecule has 0 bridgehead atoms. The summed E-state index contributed by atoms with van der Waals surface area (Å²) in [6.45, 7) is 0.996. The number of aromatic nitrogens is 4. The van der Waals surface area contributed by atoms with Crippen molar-refractivity contribution in [1.82, 2.24) is 36.4 Å². The van der Waals surface area contributed by atoms with Crippen molar-refractivity contribution in [2.45, 2.75) is 11.2 Å². The molecule has 1 saturated heterocycles. The van der Waals surface area contributed by atoms with Gasteiger partial charge in [0.25, 0.3) is 0 Å². The van der Waals surface area contributed by atoms with Crippen LogP contribution in [0.25, 0.3) is 0 Å². The van der Waals surface area contributed by atoms with Crippen LogP contribution < -0.4 is 16.2 Å². The first-order chi connectivity index (χ1) is 11.6. The molecule has 128 valence electrons. The summed E-state index contributed by atoms with van der Waals surface area (Å²) in [5, 5.41) is 14.8. The van der Waals surface area contributed by atoms with Crippen molar-refractivity contribution < 1.29 is 9.18 Å². The third kappa shape index (κ3) is 3.89. The van der Waals surface area contributed by atoms with Gasteiger partial charge in [-0.15, -0.1) is 5.10 Å². The number of rotatable bonds is 6. The average molecular weight is 351 g/mol. The minimum atomic E-state index is -0.311. The lowest BCUT2D eigenvalue weighted by atomic mass is 9.94.